The molecule has 0 aliphatic heterocycles. The summed E-state index contributed by atoms with van der Waals surface area (Å²) in [7, 11) is 0. The van der Waals surface area contributed by atoms with Gasteiger partial charge in [-0.3, -0.25) is 9.59 Å². The van der Waals surface area contributed by atoms with Gasteiger partial charge in [0.2, 0.25) is 5.91 Å². The van der Waals surface area contributed by atoms with Crippen LogP contribution >= 0.6 is 11.3 Å². The van der Waals surface area contributed by atoms with Crippen molar-refractivity contribution in [2.24, 2.45) is 0 Å². The van der Waals surface area contributed by atoms with Crippen molar-refractivity contribution >= 4 is 23.2 Å². The first kappa shape index (κ1) is 15.2. The van der Waals surface area contributed by atoms with Gasteiger partial charge in [0.05, 0.1) is 4.88 Å². The van der Waals surface area contributed by atoms with E-state index in [9.17, 15) is 14.0 Å². The number of rotatable bonds is 5. The van der Waals surface area contributed by atoms with Gasteiger partial charge in [-0.05, 0) is 29.8 Å². The Kier molecular flexibility index (Phi) is 5.05. The minimum absolute atomic E-state index is 0.126. The lowest BCUT2D eigenvalue weighted by atomic mass is 10.2. The molecule has 0 saturated heterocycles. The van der Waals surface area contributed by atoms with Crippen LogP contribution in [0.4, 0.5) is 4.39 Å². The zero-order valence-electron chi connectivity index (χ0n) is 11.5. The van der Waals surface area contributed by atoms with Gasteiger partial charge in [-0.15, -0.1) is 11.3 Å². The highest BCUT2D eigenvalue weighted by Gasteiger charge is 2.09. The van der Waals surface area contributed by atoms with E-state index in [4.69, 9.17) is 0 Å². The van der Waals surface area contributed by atoms with Crippen LogP contribution in [0, 0.1) is 5.82 Å². The maximum atomic E-state index is 12.9. The van der Waals surface area contributed by atoms with E-state index in [1.807, 2.05) is 6.07 Å². The number of thiophene rings is 1. The van der Waals surface area contributed by atoms with Crippen LogP contribution < -0.4 is 10.6 Å². The highest BCUT2D eigenvalue weighted by atomic mass is 32.1. The van der Waals surface area contributed by atoms with Crippen molar-refractivity contribution < 1.29 is 14.0 Å². The van der Waals surface area contributed by atoms with Crippen LogP contribution in [0.2, 0.25) is 0 Å². The molecule has 4 nitrogen and oxygen atoms in total. The summed E-state index contributed by atoms with van der Waals surface area (Å²) in [6.45, 7) is 2.20. The maximum absolute atomic E-state index is 12.9. The molecule has 2 amide bonds. The lowest BCUT2D eigenvalue weighted by Crippen LogP contribution is -2.33. The fraction of sp³-hybridized carbons (Fsp3) is 0.200. The molecule has 0 aliphatic rings. The molecule has 110 valence electrons. The van der Waals surface area contributed by atoms with Crippen molar-refractivity contribution in [3.8, 4) is 10.4 Å². The number of benzene rings is 1. The topological polar surface area (TPSA) is 58.2 Å². The Bertz CT molecular complexity index is 637. The first-order valence-corrected chi connectivity index (χ1v) is 7.26. The molecule has 1 heterocycles. The highest BCUT2D eigenvalue weighted by Crippen LogP contribution is 2.28. The average Bonchev–Trinajstić information content (AvgIpc) is 2.94. The van der Waals surface area contributed by atoms with Gasteiger partial charge in [0.25, 0.3) is 5.91 Å². The molecule has 1 aromatic carbocycles. The number of halogens is 1. The molecule has 21 heavy (non-hydrogen) atoms. The molecular weight excluding hydrogens is 291 g/mol. The Labute approximate surface area is 126 Å². The molecule has 2 rings (SSSR count). The lowest BCUT2D eigenvalue weighted by molar-refractivity contribution is -0.118. The second-order valence-electron chi connectivity index (χ2n) is 4.41. The number of nitrogens with one attached hydrogen (secondary N) is 2. The van der Waals surface area contributed by atoms with Gasteiger partial charge in [0, 0.05) is 24.9 Å². The maximum Gasteiger partial charge on any atom is 0.261 e. The summed E-state index contributed by atoms with van der Waals surface area (Å²) in [6.07, 6.45) is 0. The molecule has 6 heteroatoms. The second-order valence-corrected chi connectivity index (χ2v) is 5.49. The fourth-order valence-corrected chi connectivity index (χ4v) is 2.66. The molecule has 2 aromatic rings. The number of carbonyl (C=O) groups excluding carboxylic acids is 2. The van der Waals surface area contributed by atoms with Gasteiger partial charge in [-0.25, -0.2) is 4.39 Å². The van der Waals surface area contributed by atoms with Gasteiger partial charge in [0.1, 0.15) is 5.82 Å². The number of hydrogen-bond donors (Lipinski definition) is 2. The number of amides is 2. The van der Waals surface area contributed by atoms with Gasteiger partial charge in [-0.1, -0.05) is 12.1 Å². The third kappa shape index (κ3) is 4.39. The Morgan fingerprint density at radius 1 is 1.05 bits per heavy atom. The quantitative estimate of drug-likeness (QED) is 0.834. The van der Waals surface area contributed by atoms with Crippen molar-refractivity contribution in [1.82, 2.24) is 10.6 Å². The van der Waals surface area contributed by atoms with E-state index < -0.39 is 0 Å². The predicted molar refractivity (Wildman–Crippen MR) is 80.7 cm³/mol. The van der Waals surface area contributed by atoms with E-state index in [-0.39, 0.29) is 17.6 Å². The van der Waals surface area contributed by atoms with Crippen LogP contribution in [0.3, 0.4) is 0 Å². The Hall–Kier alpha value is -2.21. The van der Waals surface area contributed by atoms with Crippen LogP contribution in [0.1, 0.15) is 16.6 Å². The molecular formula is C15H15FN2O2S. The van der Waals surface area contributed by atoms with E-state index in [1.54, 1.807) is 18.2 Å². The first-order valence-electron chi connectivity index (χ1n) is 6.44. The number of carbonyl (C=O) groups is 2. The van der Waals surface area contributed by atoms with Crippen LogP contribution in [0.15, 0.2) is 36.4 Å². The minimum Gasteiger partial charge on any atom is -0.355 e. The Balaban J connectivity index is 1.94. The van der Waals surface area contributed by atoms with E-state index in [2.05, 4.69) is 10.6 Å². The zero-order chi connectivity index (χ0) is 15.2. The summed E-state index contributed by atoms with van der Waals surface area (Å²) in [5, 5.41) is 5.33. The Morgan fingerprint density at radius 3 is 2.38 bits per heavy atom. The van der Waals surface area contributed by atoms with Crippen LogP contribution in [0.25, 0.3) is 10.4 Å². The van der Waals surface area contributed by atoms with Gasteiger partial charge in [-0.2, -0.15) is 0 Å². The average molecular weight is 306 g/mol. The highest BCUT2D eigenvalue weighted by molar-refractivity contribution is 7.17. The third-order valence-electron chi connectivity index (χ3n) is 2.74. The fourth-order valence-electron chi connectivity index (χ4n) is 1.73. The second kappa shape index (κ2) is 6.99. The lowest BCUT2D eigenvalue weighted by Gasteiger charge is -2.03. The summed E-state index contributed by atoms with van der Waals surface area (Å²) in [6, 6.07) is 9.71. The number of hydrogen-bond acceptors (Lipinski definition) is 3. The molecule has 0 atom stereocenters. The molecule has 0 fully saturated rings. The van der Waals surface area contributed by atoms with Crippen molar-refractivity contribution in [2.45, 2.75) is 6.92 Å². The minimum atomic E-state index is -0.286. The summed E-state index contributed by atoms with van der Waals surface area (Å²) in [5.41, 5.74) is 0.874. The van der Waals surface area contributed by atoms with Crippen LogP contribution in [-0.4, -0.2) is 24.9 Å². The summed E-state index contributed by atoms with van der Waals surface area (Å²) < 4.78 is 12.9. The molecule has 0 bridgehead atoms. The van der Waals surface area contributed by atoms with E-state index in [0.717, 1.165) is 10.4 Å². The standard InChI is InChI=1S/C15H15FN2O2S/c1-10(19)17-8-9-18-15(20)14-7-6-13(21-14)11-2-4-12(16)5-3-11/h2-7H,8-9H2,1H3,(H,17,19)(H,18,20). The van der Waals surface area contributed by atoms with Crippen molar-refractivity contribution in [2.75, 3.05) is 13.1 Å². The largest absolute Gasteiger partial charge is 0.355 e. The van der Waals surface area contributed by atoms with Gasteiger partial charge >= 0.3 is 0 Å². The van der Waals surface area contributed by atoms with Crippen LogP contribution in [-0.2, 0) is 4.79 Å². The molecule has 0 aliphatic carbocycles. The predicted octanol–water partition coefficient (Wildman–Crippen LogP) is 2.42. The smallest absolute Gasteiger partial charge is 0.261 e. The molecule has 0 radical (unpaired) electrons. The van der Waals surface area contributed by atoms with Crippen molar-refractivity contribution in [3.05, 3.63) is 47.1 Å². The van der Waals surface area contributed by atoms with Gasteiger partial charge < -0.3 is 10.6 Å². The summed E-state index contributed by atoms with van der Waals surface area (Å²) in [5.74, 6) is -0.594. The zero-order valence-corrected chi connectivity index (χ0v) is 12.3. The normalized spacial score (nSPS) is 10.2. The molecule has 0 saturated carbocycles. The molecule has 0 spiro atoms. The van der Waals surface area contributed by atoms with Crippen molar-refractivity contribution in [3.63, 3.8) is 0 Å². The van der Waals surface area contributed by atoms with Crippen LogP contribution in [0.5, 0.6) is 0 Å². The molecule has 2 N–H and O–H groups in total. The van der Waals surface area contributed by atoms with E-state index >= 15 is 0 Å². The molecule has 1 aromatic heterocycles. The van der Waals surface area contributed by atoms with E-state index in [1.165, 1.54) is 30.4 Å². The Morgan fingerprint density at radius 2 is 1.71 bits per heavy atom. The monoisotopic (exact) mass is 306 g/mol. The van der Waals surface area contributed by atoms with Gasteiger partial charge in [0.15, 0.2) is 0 Å². The summed E-state index contributed by atoms with van der Waals surface area (Å²) in [4.78, 5) is 24.1. The SMILES string of the molecule is CC(=O)NCCNC(=O)c1ccc(-c2ccc(F)cc2)s1. The first-order chi connectivity index (χ1) is 10.1. The molecule has 0 unspecified atom stereocenters. The van der Waals surface area contributed by atoms with E-state index in [0.29, 0.717) is 18.0 Å². The third-order valence-corrected chi connectivity index (χ3v) is 3.88. The summed E-state index contributed by atoms with van der Waals surface area (Å²) >= 11 is 1.34. The van der Waals surface area contributed by atoms with Crippen molar-refractivity contribution in [1.29, 1.82) is 0 Å².